The molecule has 1 amide bonds. The Kier molecular flexibility index (Phi) is 6.87. The van der Waals surface area contributed by atoms with Crippen molar-refractivity contribution in [1.82, 2.24) is 0 Å². The number of rotatable bonds is 6. The zero-order valence-corrected chi connectivity index (χ0v) is 17.0. The third-order valence-corrected chi connectivity index (χ3v) is 4.95. The first-order valence-corrected chi connectivity index (χ1v) is 9.90. The molecule has 30 heavy (non-hydrogen) atoms. The second kappa shape index (κ2) is 9.38. The van der Waals surface area contributed by atoms with Gasteiger partial charge in [-0.1, -0.05) is 6.92 Å². The summed E-state index contributed by atoms with van der Waals surface area (Å²) in [5, 5.41) is 2.65. The van der Waals surface area contributed by atoms with Gasteiger partial charge in [-0.25, -0.2) is 0 Å². The van der Waals surface area contributed by atoms with Gasteiger partial charge in [0, 0.05) is 18.7 Å². The Bertz CT molecular complexity index is 863. The van der Waals surface area contributed by atoms with E-state index in [1.165, 1.54) is 6.07 Å². The molecule has 1 atom stereocenters. The lowest BCUT2D eigenvalue weighted by atomic mass is 10.1. The molecule has 1 aliphatic rings. The van der Waals surface area contributed by atoms with Crippen molar-refractivity contribution in [1.29, 1.82) is 0 Å². The van der Waals surface area contributed by atoms with Crippen LogP contribution in [-0.4, -0.2) is 38.3 Å². The largest absolute Gasteiger partial charge is 0.491 e. The fraction of sp³-hybridized carbons (Fsp3) is 0.409. The van der Waals surface area contributed by atoms with Gasteiger partial charge in [-0.15, -0.1) is 0 Å². The molecule has 1 unspecified atom stereocenters. The number of benzene rings is 2. The van der Waals surface area contributed by atoms with Crippen LogP contribution >= 0.6 is 0 Å². The van der Waals surface area contributed by atoms with Crippen LogP contribution in [-0.2, 0) is 10.9 Å². The molecular formula is C22H25F3N2O3. The fourth-order valence-electron chi connectivity index (χ4n) is 3.09. The van der Waals surface area contributed by atoms with E-state index in [2.05, 4.69) is 5.32 Å². The Labute approximate surface area is 173 Å². The second-order valence-electron chi connectivity index (χ2n) is 7.14. The third kappa shape index (κ3) is 5.44. The molecule has 0 aliphatic carbocycles. The lowest BCUT2D eigenvalue weighted by molar-refractivity contribution is -0.137. The minimum atomic E-state index is -4.50. The van der Waals surface area contributed by atoms with Gasteiger partial charge in [-0.05, 0) is 55.8 Å². The lowest BCUT2D eigenvalue weighted by Crippen LogP contribution is -2.36. The lowest BCUT2D eigenvalue weighted by Gasteiger charge is -2.31. The van der Waals surface area contributed by atoms with Crippen molar-refractivity contribution in [2.24, 2.45) is 0 Å². The first kappa shape index (κ1) is 22.0. The zero-order chi connectivity index (χ0) is 21.7. The molecule has 8 heteroatoms. The van der Waals surface area contributed by atoms with Crippen molar-refractivity contribution >= 4 is 17.3 Å². The number of nitrogens with zero attached hydrogens (tertiary/aromatic N) is 1. The number of hydrogen-bond donors (Lipinski definition) is 1. The van der Waals surface area contributed by atoms with Crippen molar-refractivity contribution in [2.45, 2.75) is 32.5 Å². The smallest absolute Gasteiger partial charge is 0.416 e. The minimum Gasteiger partial charge on any atom is -0.491 e. The highest BCUT2D eigenvalue weighted by atomic mass is 19.4. The third-order valence-electron chi connectivity index (χ3n) is 4.95. The average Bonchev–Trinajstić information content (AvgIpc) is 2.74. The van der Waals surface area contributed by atoms with Crippen LogP contribution < -0.4 is 15.0 Å². The minimum absolute atomic E-state index is 0.0471. The van der Waals surface area contributed by atoms with Gasteiger partial charge in [0.15, 0.2) is 0 Å². The second-order valence-corrected chi connectivity index (χ2v) is 7.14. The summed E-state index contributed by atoms with van der Waals surface area (Å²) in [5.41, 5.74) is 0.178. The molecule has 0 bridgehead atoms. The van der Waals surface area contributed by atoms with E-state index in [-0.39, 0.29) is 11.8 Å². The van der Waals surface area contributed by atoms with Crippen LogP contribution in [0.5, 0.6) is 5.75 Å². The summed E-state index contributed by atoms with van der Waals surface area (Å²) in [6.07, 6.45) is -3.61. The van der Waals surface area contributed by atoms with Gasteiger partial charge >= 0.3 is 6.18 Å². The molecule has 1 saturated heterocycles. The van der Waals surface area contributed by atoms with E-state index in [1.807, 2.05) is 18.7 Å². The van der Waals surface area contributed by atoms with Crippen molar-refractivity contribution in [2.75, 3.05) is 36.5 Å². The van der Waals surface area contributed by atoms with E-state index in [9.17, 15) is 18.0 Å². The van der Waals surface area contributed by atoms with Crippen molar-refractivity contribution in [3.8, 4) is 5.75 Å². The van der Waals surface area contributed by atoms with Crippen LogP contribution in [0.4, 0.5) is 24.5 Å². The number of morpholine rings is 1. The summed E-state index contributed by atoms with van der Waals surface area (Å²) in [7, 11) is 0. The molecule has 1 fully saturated rings. The van der Waals surface area contributed by atoms with Gasteiger partial charge in [0.05, 0.1) is 36.3 Å². The van der Waals surface area contributed by atoms with Crippen LogP contribution in [0.25, 0.3) is 0 Å². The number of halogens is 3. The fourth-order valence-corrected chi connectivity index (χ4v) is 3.09. The molecule has 0 saturated carbocycles. The van der Waals surface area contributed by atoms with Gasteiger partial charge < -0.3 is 19.7 Å². The molecule has 3 rings (SSSR count). The van der Waals surface area contributed by atoms with Crippen molar-refractivity contribution in [3.05, 3.63) is 53.6 Å². The molecule has 0 aromatic heterocycles. The number of carbonyl (C=O) groups excluding carboxylic acids is 1. The van der Waals surface area contributed by atoms with Gasteiger partial charge in [0.2, 0.25) is 0 Å². The maximum atomic E-state index is 13.2. The summed E-state index contributed by atoms with van der Waals surface area (Å²) in [4.78, 5) is 14.6. The molecule has 5 nitrogen and oxygen atoms in total. The van der Waals surface area contributed by atoms with E-state index in [0.29, 0.717) is 43.3 Å². The van der Waals surface area contributed by atoms with E-state index < -0.39 is 17.6 Å². The molecule has 0 spiro atoms. The van der Waals surface area contributed by atoms with E-state index >= 15 is 0 Å². The number of alkyl halides is 3. The average molecular weight is 422 g/mol. The Morgan fingerprint density at radius 3 is 2.43 bits per heavy atom. The highest BCUT2D eigenvalue weighted by molar-refractivity contribution is 6.06. The number of hydrogen-bond acceptors (Lipinski definition) is 4. The Morgan fingerprint density at radius 1 is 1.17 bits per heavy atom. The van der Waals surface area contributed by atoms with Crippen LogP contribution in [0.15, 0.2) is 42.5 Å². The topological polar surface area (TPSA) is 50.8 Å². The Morgan fingerprint density at radius 2 is 1.83 bits per heavy atom. The Balaban J connectivity index is 1.83. The molecule has 1 heterocycles. The predicted molar refractivity (Wildman–Crippen MR) is 109 cm³/mol. The summed E-state index contributed by atoms with van der Waals surface area (Å²) < 4.78 is 50.7. The first-order chi connectivity index (χ1) is 14.3. The van der Waals surface area contributed by atoms with E-state index in [1.54, 1.807) is 24.3 Å². The summed E-state index contributed by atoms with van der Waals surface area (Å²) in [6, 6.07) is 9.94. The summed E-state index contributed by atoms with van der Waals surface area (Å²) in [6.45, 7) is 5.99. The van der Waals surface area contributed by atoms with Gasteiger partial charge in [0.25, 0.3) is 5.91 Å². The standard InChI is InChI=1S/C22H25F3N2O3/c1-3-15(2)30-18-7-4-16(5-8-18)21(28)26-19-14-17(22(23,24)25)6-9-20(19)27-10-12-29-13-11-27/h4-9,14-15H,3,10-13H2,1-2H3,(H,26,28). The predicted octanol–water partition coefficient (Wildman–Crippen LogP) is 4.97. The molecule has 162 valence electrons. The maximum Gasteiger partial charge on any atom is 0.416 e. The Hall–Kier alpha value is -2.74. The van der Waals surface area contributed by atoms with Gasteiger partial charge in [-0.3, -0.25) is 4.79 Å². The molecule has 0 radical (unpaired) electrons. The first-order valence-electron chi connectivity index (χ1n) is 9.90. The van der Waals surface area contributed by atoms with E-state index in [0.717, 1.165) is 18.6 Å². The molecule has 2 aromatic carbocycles. The maximum absolute atomic E-state index is 13.2. The van der Waals surface area contributed by atoms with Crippen LogP contribution in [0.1, 0.15) is 36.2 Å². The highest BCUT2D eigenvalue weighted by Gasteiger charge is 2.32. The van der Waals surface area contributed by atoms with Gasteiger partial charge in [-0.2, -0.15) is 13.2 Å². The highest BCUT2D eigenvalue weighted by Crippen LogP contribution is 2.36. The van der Waals surface area contributed by atoms with Crippen LogP contribution in [0, 0.1) is 0 Å². The zero-order valence-electron chi connectivity index (χ0n) is 17.0. The van der Waals surface area contributed by atoms with Crippen molar-refractivity contribution < 1.29 is 27.4 Å². The quantitative estimate of drug-likeness (QED) is 0.714. The monoisotopic (exact) mass is 422 g/mol. The van der Waals surface area contributed by atoms with Gasteiger partial charge in [0.1, 0.15) is 5.75 Å². The number of amides is 1. The SMILES string of the molecule is CCC(C)Oc1ccc(C(=O)Nc2cc(C(F)(F)F)ccc2N2CCOCC2)cc1. The number of ether oxygens (including phenoxy) is 2. The number of nitrogens with one attached hydrogen (secondary N) is 1. The van der Waals surface area contributed by atoms with Crippen molar-refractivity contribution in [3.63, 3.8) is 0 Å². The molecule has 1 aliphatic heterocycles. The summed E-state index contributed by atoms with van der Waals surface area (Å²) >= 11 is 0. The molecule has 2 aromatic rings. The van der Waals surface area contributed by atoms with Crippen LogP contribution in [0.3, 0.4) is 0 Å². The summed E-state index contributed by atoms with van der Waals surface area (Å²) in [5.74, 6) is 0.146. The van der Waals surface area contributed by atoms with E-state index in [4.69, 9.17) is 9.47 Å². The molecule has 1 N–H and O–H groups in total. The molecular weight excluding hydrogens is 397 g/mol. The van der Waals surface area contributed by atoms with Crippen LogP contribution in [0.2, 0.25) is 0 Å². The number of carbonyl (C=O) groups is 1. The normalized spacial score (nSPS) is 15.6. The number of anilines is 2.